The molecule has 0 unspecified atom stereocenters. The van der Waals surface area contributed by atoms with E-state index in [1.54, 1.807) is 6.07 Å². The molecule has 2 fully saturated rings. The molecule has 0 spiro atoms. The first-order valence-corrected chi connectivity index (χ1v) is 6.94. The standard InChI is InChI=1S/C14H18N2O4/c17-14(18)11-4-5-12(16-6-1-7-19-9-16)13(15-11)20-8-10-2-3-10/h4-5,10H,1-3,6-9H2,(H,17,18). The summed E-state index contributed by atoms with van der Waals surface area (Å²) < 4.78 is 11.2. The first-order valence-electron chi connectivity index (χ1n) is 6.94. The molecule has 1 aliphatic heterocycles. The molecule has 6 nitrogen and oxygen atoms in total. The molecule has 108 valence electrons. The number of hydrogen-bond acceptors (Lipinski definition) is 5. The molecule has 1 aromatic heterocycles. The molecule has 0 aromatic carbocycles. The number of carboxylic acids is 1. The van der Waals surface area contributed by atoms with Gasteiger partial charge in [-0.1, -0.05) is 0 Å². The second-order valence-corrected chi connectivity index (χ2v) is 5.23. The van der Waals surface area contributed by atoms with Gasteiger partial charge in [0.25, 0.3) is 0 Å². The number of carboxylic acid groups (broad SMARTS) is 1. The number of hydrogen-bond donors (Lipinski definition) is 1. The fourth-order valence-electron chi connectivity index (χ4n) is 2.17. The molecule has 0 atom stereocenters. The number of pyridine rings is 1. The van der Waals surface area contributed by atoms with Crippen molar-refractivity contribution in [2.75, 3.05) is 31.4 Å². The summed E-state index contributed by atoms with van der Waals surface area (Å²) in [5.74, 6) is -0.0410. The lowest BCUT2D eigenvalue weighted by molar-refractivity contribution is 0.0689. The van der Waals surface area contributed by atoms with Crippen LogP contribution in [0.4, 0.5) is 5.69 Å². The summed E-state index contributed by atoms with van der Waals surface area (Å²) >= 11 is 0. The second kappa shape index (κ2) is 5.66. The highest BCUT2D eigenvalue weighted by Crippen LogP contribution is 2.32. The Labute approximate surface area is 117 Å². The summed E-state index contributed by atoms with van der Waals surface area (Å²) in [6.07, 6.45) is 3.31. The van der Waals surface area contributed by atoms with Gasteiger partial charge in [-0.15, -0.1) is 0 Å². The van der Waals surface area contributed by atoms with E-state index in [4.69, 9.17) is 14.6 Å². The lowest BCUT2D eigenvalue weighted by atomic mass is 10.2. The second-order valence-electron chi connectivity index (χ2n) is 5.23. The molecule has 6 heteroatoms. The Hall–Kier alpha value is -1.82. The monoisotopic (exact) mass is 278 g/mol. The number of aromatic carboxylic acids is 1. The third-order valence-electron chi connectivity index (χ3n) is 3.52. The third-order valence-corrected chi connectivity index (χ3v) is 3.52. The van der Waals surface area contributed by atoms with Crippen LogP contribution in [0.1, 0.15) is 29.8 Å². The average Bonchev–Trinajstić information content (AvgIpc) is 3.30. The number of aromatic nitrogens is 1. The van der Waals surface area contributed by atoms with Crippen LogP contribution in [0, 0.1) is 5.92 Å². The van der Waals surface area contributed by atoms with E-state index in [1.165, 1.54) is 18.9 Å². The zero-order valence-electron chi connectivity index (χ0n) is 11.2. The Balaban J connectivity index is 1.82. The maximum atomic E-state index is 11.0. The number of nitrogens with zero attached hydrogens (tertiary/aromatic N) is 2. The van der Waals surface area contributed by atoms with Crippen LogP contribution >= 0.6 is 0 Å². The fraction of sp³-hybridized carbons (Fsp3) is 0.571. The predicted molar refractivity (Wildman–Crippen MR) is 72.2 cm³/mol. The molecule has 0 bridgehead atoms. The van der Waals surface area contributed by atoms with Crippen molar-refractivity contribution < 1.29 is 19.4 Å². The first kappa shape index (κ1) is 13.2. The van der Waals surface area contributed by atoms with E-state index in [-0.39, 0.29) is 5.69 Å². The van der Waals surface area contributed by atoms with E-state index in [0.717, 1.165) is 25.3 Å². The summed E-state index contributed by atoms with van der Waals surface area (Å²) in [5, 5.41) is 9.04. The van der Waals surface area contributed by atoms with Gasteiger partial charge in [-0.3, -0.25) is 0 Å². The molecule has 0 amide bonds. The van der Waals surface area contributed by atoms with Gasteiger partial charge in [-0.25, -0.2) is 9.78 Å². The van der Waals surface area contributed by atoms with Crippen molar-refractivity contribution in [3.05, 3.63) is 17.8 Å². The van der Waals surface area contributed by atoms with Gasteiger partial charge in [-0.05, 0) is 37.3 Å². The van der Waals surface area contributed by atoms with Crippen molar-refractivity contribution in [3.63, 3.8) is 0 Å². The Bertz CT molecular complexity index is 496. The predicted octanol–water partition coefficient (Wildman–Crippen LogP) is 1.75. The van der Waals surface area contributed by atoms with Gasteiger partial charge >= 0.3 is 5.97 Å². The van der Waals surface area contributed by atoms with Crippen LogP contribution in [-0.2, 0) is 4.74 Å². The number of anilines is 1. The smallest absolute Gasteiger partial charge is 0.354 e. The molecular formula is C14H18N2O4. The highest BCUT2D eigenvalue weighted by molar-refractivity contribution is 5.86. The van der Waals surface area contributed by atoms with Crippen molar-refractivity contribution in [3.8, 4) is 5.88 Å². The highest BCUT2D eigenvalue weighted by Gasteiger charge is 2.24. The Kier molecular flexibility index (Phi) is 3.73. The fourth-order valence-corrected chi connectivity index (χ4v) is 2.17. The Morgan fingerprint density at radius 1 is 1.50 bits per heavy atom. The summed E-state index contributed by atoms with van der Waals surface area (Å²) in [6, 6.07) is 3.27. The topological polar surface area (TPSA) is 71.9 Å². The van der Waals surface area contributed by atoms with Crippen molar-refractivity contribution in [1.29, 1.82) is 0 Å². The van der Waals surface area contributed by atoms with Crippen LogP contribution in [0.2, 0.25) is 0 Å². The maximum Gasteiger partial charge on any atom is 0.354 e. The summed E-state index contributed by atoms with van der Waals surface area (Å²) in [4.78, 5) is 17.2. The number of carbonyl (C=O) groups is 1. The lowest BCUT2D eigenvalue weighted by Gasteiger charge is -2.29. The first-order chi connectivity index (χ1) is 9.74. The van der Waals surface area contributed by atoms with E-state index in [1.807, 2.05) is 4.90 Å². The highest BCUT2D eigenvalue weighted by atomic mass is 16.5. The SMILES string of the molecule is O=C(O)c1ccc(N2CCCOC2)c(OCC2CC2)n1. The molecule has 1 saturated heterocycles. The quantitative estimate of drug-likeness (QED) is 0.884. The Morgan fingerprint density at radius 2 is 2.35 bits per heavy atom. The van der Waals surface area contributed by atoms with Crippen LogP contribution in [0.3, 0.4) is 0 Å². The average molecular weight is 278 g/mol. The molecular weight excluding hydrogens is 260 g/mol. The molecule has 0 radical (unpaired) electrons. The zero-order valence-corrected chi connectivity index (χ0v) is 11.2. The number of rotatable bonds is 5. The van der Waals surface area contributed by atoms with E-state index >= 15 is 0 Å². The molecule has 20 heavy (non-hydrogen) atoms. The molecule has 1 saturated carbocycles. The van der Waals surface area contributed by atoms with Crippen LogP contribution < -0.4 is 9.64 Å². The Morgan fingerprint density at radius 3 is 3.00 bits per heavy atom. The maximum absolute atomic E-state index is 11.0. The molecule has 2 aliphatic rings. The molecule has 1 N–H and O–H groups in total. The lowest BCUT2D eigenvalue weighted by Crippen LogP contribution is -2.33. The minimum Gasteiger partial charge on any atom is -0.477 e. The van der Waals surface area contributed by atoms with Gasteiger partial charge < -0.3 is 19.5 Å². The van der Waals surface area contributed by atoms with Gasteiger partial charge in [0.1, 0.15) is 12.4 Å². The van der Waals surface area contributed by atoms with Gasteiger partial charge in [0.2, 0.25) is 5.88 Å². The largest absolute Gasteiger partial charge is 0.477 e. The van der Waals surface area contributed by atoms with E-state index in [0.29, 0.717) is 25.1 Å². The van der Waals surface area contributed by atoms with Gasteiger partial charge in [0, 0.05) is 6.54 Å². The van der Waals surface area contributed by atoms with Crippen LogP contribution in [0.15, 0.2) is 12.1 Å². The summed E-state index contributed by atoms with van der Waals surface area (Å²) in [7, 11) is 0. The summed E-state index contributed by atoms with van der Waals surface area (Å²) in [5.41, 5.74) is 0.827. The van der Waals surface area contributed by atoms with Crippen molar-refractivity contribution >= 4 is 11.7 Å². The number of ether oxygens (including phenoxy) is 2. The molecule has 1 aromatic rings. The minimum absolute atomic E-state index is 0.0116. The van der Waals surface area contributed by atoms with Crippen LogP contribution in [0.5, 0.6) is 5.88 Å². The van der Waals surface area contributed by atoms with E-state index in [2.05, 4.69) is 4.98 Å². The van der Waals surface area contributed by atoms with E-state index < -0.39 is 5.97 Å². The van der Waals surface area contributed by atoms with Gasteiger partial charge in [-0.2, -0.15) is 0 Å². The van der Waals surface area contributed by atoms with Crippen molar-refractivity contribution in [2.24, 2.45) is 5.92 Å². The summed E-state index contributed by atoms with van der Waals surface area (Å²) in [6.45, 7) is 2.73. The minimum atomic E-state index is -1.04. The molecule has 2 heterocycles. The van der Waals surface area contributed by atoms with Crippen molar-refractivity contribution in [1.82, 2.24) is 4.98 Å². The van der Waals surface area contributed by atoms with Crippen LogP contribution in [0.25, 0.3) is 0 Å². The zero-order chi connectivity index (χ0) is 13.9. The van der Waals surface area contributed by atoms with Crippen molar-refractivity contribution in [2.45, 2.75) is 19.3 Å². The van der Waals surface area contributed by atoms with Gasteiger partial charge in [0.15, 0.2) is 5.69 Å². The van der Waals surface area contributed by atoms with E-state index in [9.17, 15) is 4.79 Å². The third kappa shape index (κ3) is 3.01. The molecule has 1 aliphatic carbocycles. The van der Waals surface area contributed by atoms with Gasteiger partial charge in [0.05, 0.1) is 13.2 Å². The normalized spacial score (nSPS) is 18.9. The van der Waals surface area contributed by atoms with Crippen LogP contribution in [-0.4, -0.2) is 42.5 Å². The molecule has 3 rings (SSSR count).